The van der Waals surface area contributed by atoms with Gasteiger partial charge in [-0.15, -0.1) is 0 Å². The summed E-state index contributed by atoms with van der Waals surface area (Å²) in [7, 11) is 2.02. The van der Waals surface area contributed by atoms with Gasteiger partial charge in [0.05, 0.1) is 35.7 Å². The third-order valence-corrected chi connectivity index (χ3v) is 4.62. The van der Waals surface area contributed by atoms with Crippen LogP contribution in [0.2, 0.25) is 0 Å². The molecule has 1 aliphatic heterocycles. The van der Waals surface area contributed by atoms with Gasteiger partial charge in [-0.25, -0.2) is 0 Å². The smallest absolute Gasteiger partial charge is 0.0991 e. The number of nitriles is 1. The van der Waals surface area contributed by atoms with Crippen molar-refractivity contribution in [3.05, 3.63) is 59.4 Å². The maximum Gasteiger partial charge on any atom is 0.0991 e. The highest BCUT2D eigenvalue weighted by molar-refractivity contribution is 5.51. The van der Waals surface area contributed by atoms with Crippen LogP contribution >= 0.6 is 0 Å². The van der Waals surface area contributed by atoms with E-state index in [0.29, 0.717) is 5.56 Å². The lowest BCUT2D eigenvalue weighted by Crippen LogP contribution is -2.41. The fraction of sp³-hybridized carbons (Fsp3) is 0.368. The molecule has 0 spiro atoms. The Labute approximate surface area is 142 Å². The Balaban J connectivity index is 1.85. The minimum atomic E-state index is 0.0844. The Kier molecular flexibility index (Phi) is 5.09. The summed E-state index contributed by atoms with van der Waals surface area (Å²) in [5.74, 6) is 0. The van der Waals surface area contributed by atoms with Gasteiger partial charge in [0.1, 0.15) is 0 Å². The molecule has 2 heterocycles. The second-order valence-electron chi connectivity index (χ2n) is 6.23. The zero-order chi connectivity index (χ0) is 16.9. The van der Waals surface area contributed by atoms with Crippen LogP contribution in [0.25, 0.3) is 0 Å². The summed E-state index contributed by atoms with van der Waals surface area (Å²) >= 11 is 0. The van der Waals surface area contributed by atoms with Crippen molar-refractivity contribution in [1.82, 2.24) is 9.88 Å². The molecular weight excluding hydrogens is 300 g/mol. The Morgan fingerprint density at radius 1 is 1.33 bits per heavy atom. The van der Waals surface area contributed by atoms with Crippen LogP contribution in [0.1, 0.15) is 23.2 Å². The highest BCUT2D eigenvalue weighted by Crippen LogP contribution is 2.25. The van der Waals surface area contributed by atoms with E-state index < -0.39 is 0 Å². The molecule has 0 aliphatic carbocycles. The number of pyridine rings is 1. The molecule has 2 aromatic rings. The first kappa shape index (κ1) is 16.4. The Bertz CT molecular complexity index is 740. The fourth-order valence-electron chi connectivity index (χ4n) is 3.23. The van der Waals surface area contributed by atoms with Crippen LogP contribution in [0.5, 0.6) is 0 Å². The van der Waals surface area contributed by atoms with Gasteiger partial charge in [0.25, 0.3) is 0 Å². The number of aliphatic hydroxyl groups is 1. The van der Waals surface area contributed by atoms with Crippen molar-refractivity contribution < 1.29 is 5.11 Å². The predicted molar refractivity (Wildman–Crippen MR) is 93.4 cm³/mol. The molecule has 1 aromatic carbocycles. The van der Waals surface area contributed by atoms with Crippen LogP contribution in [0.4, 0.5) is 5.69 Å². The summed E-state index contributed by atoms with van der Waals surface area (Å²) in [4.78, 5) is 9.01. The van der Waals surface area contributed by atoms with Crippen LogP contribution in [-0.4, -0.2) is 41.2 Å². The van der Waals surface area contributed by atoms with Gasteiger partial charge in [0, 0.05) is 32.9 Å². The number of rotatable bonds is 3. The summed E-state index contributed by atoms with van der Waals surface area (Å²) in [5, 5.41) is 18.8. The van der Waals surface area contributed by atoms with Crippen molar-refractivity contribution in [2.45, 2.75) is 25.6 Å². The predicted octanol–water partition coefficient (Wildman–Crippen LogP) is 2.16. The summed E-state index contributed by atoms with van der Waals surface area (Å²) < 4.78 is 0. The molecule has 1 N–H and O–H groups in total. The van der Waals surface area contributed by atoms with E-state index in [1.165, 1.54) is 0 Å². The summed E-state index contributed by atoms with van der Waals surface area (Å²) in [6, 6.07) is 14.0. The van der Waals surface area contributed by atoms with E-state index in [9.17, 15) is 5.11 Å². The van der Waals surface area contributed by atoms with Crippen LogP contribution in [0, 0.1) is 11.3 Å². The average Bonchev–Trinajstić information content (AvgIpc) is 2.61. The van der Waals surface area contributed by atoms with Crippen LogP contribution in [0.15, 0.2) is 42.6 Å². The monoisotopic (exact) mass is 322 g/mol. The van der Waals surface area contributed by atoms with Gasteiger partial charge in [0.2, 0.25) is 0 Å². The molecule has 0 unspecified atom stereocenters. The Hall–Kier alpha value is -2.42. The second-order valence-corrected chi connectivity index (χ2v) is 6.23. The van der Waals surface area contributed by atoms with E-state index in [1.807, 2.05) is 37.5 Å². The summed E-state index contributed by atoms with van der Waals surface area (Å²) in [6.45, 7) is 2.54. The van der Waals surface area contributed by atoms with Gasteiger partial charge in [-0.3, -0.25) is 9.88 Å². The number of likely N-dealkylation sites (N-methyl/N-ethyl adjacent to an activating group) is 1. The SMILES string of the molecule is CN1c2cccnc2CN(Cc2cccc(C#N)c2)CC[C@H]1CO. The highest BCUT2D eigenvalue weighted by Gasteiger charge is 2.23. The van der Waals surface area contributed by atoms with Crippen molar-refractivity contribution >= 4 is 5.69 Å². The first-order chi connectivity index (χ1) is 11.7. The Morgan fingerprint density at radius 2 is 2.21 bits per heavy atom. The third kappa shape index (κ3) is 3.56. The zero-order valence-corrected chi connectivity index (χ0v) is 13.9. The summed E-state index contributed by atoms with van der Waals surface area (Å²) in [5.41, 5.74) is 3.91. The first-order valence-corrected chi connectivity index (χ1v) is 8.20. The Morgan fingerprint density at radius 3 is 3.00 bits per heavy atom. The van der Waals surface area contributed by atoms with Crippen LogP contribution in [-0.2, 0) is 13.1 Å². The lowest BCUT2D eigenvalue weighted by Gasteiger charge is -2.35. The van der Waals surface area contributed by atoms with Crippen LogP contribution < -0.4 is 4.90 Å². The number of anilines is 1. The molecule has 1 atom stereocenters. The quantitative estimate of drug-likeness (QED) is 0.938. The van der Waals surface area contributed by atoms with Crippen molar-refractivity contribution in [2.75, 3.05) is 25.1 Å². The number of fused-ring (bicyclic) bond motifs is 1. The van der Waals surface area contributed by atoms with E-state index in [-0.39, 0.29) is 12.6 Å². The topological polar surface area (TPSA) is 63.4 Å². The molecule has 0 fully saturated rings. The molecule has 24 heavy (non-hydrogen) atoms. The van der Waals surface area contributed by atoms with Gasteiger partial charge >= 0.3 is 0 Å². The maximum absolute atomic E-state index is 9.73. The average molecular weight is 322 g/mol. The van der Waals surface area contributed by atoms with Gasteiger partial charge in [-0.1, -0.05) is 12.1 Å². The molecule has 1 aromatic heterocycles. The number of hydrogen-bond acceptors (Lipinski definition) is 5. The number of aliphatic hydroxyl groups excluding tert-OH is 1. The molecule has 0 amide bonds. The highest BCUT2D eigenvalue weighted by atomic mass is 16.3. The summed E-state index contributed by atoms with van der Waals surface area (Å²) in [6.07, 6.45) is 2.70. The lowest BCUT2D eigenvalue weighted by molar-refractivity contribution is 0.204. The molecule has 0 saturated heterocycles. The van der Waals surface area contributed by atoms with Crippen molar-refractivity contribution in [3.63, 3.8) is 0 Å². The largest absolute Gasteiger partial charge is 0.394 e. The molecule has 0 radical (unpaired) electrons. The van der Waals surface area contributed by atoms with E-state index >= 15 is 0 Å². The molecule has 1 aliphatic rings. The number of aromatic nitrogens is 1. The van der Waals surface area contributed by atoms with E-state index in [4.69, 9.17) is 5.26 Å². The standard InChI is InChI=1S/C19H22N4O/c1-22-17(14-24)7-9-23(13-18-19(22)6-3-8-21-18)12-16-5-2-4-15(10-16)11-20/h2-6,8,10,17,24H,7,9,12-14H2,1H3/t17-/m0/s1. The van der Waals surface area contributed by atoms with Gasteiger partial charge in [0.15, 0.2) is 0 Å². The van der Waals surface area contributed by atoms with Crippen molar-refractivity contribution in [1.29, 1.82) is 5.26 Å². The molecule has 3 rings (SSSR count). The minimum absolute atomic E-state index is 0.0844. The second kappa shape index (κ2) is 7.43. The van der Waals surface area contributed by atoms with E-state index in [2.05, 4.69) is 33.0 Å². The van der Waals surface area contributed by atoms with Gasteiger partial charge < -0.3 is 10.0 Å². The molecule has 0 saturated carbocycles. The molecule has 5 nitrogen and oxygen atoms in total. The lowest BCUT2D eigenvalue weighted by atomic mass is 10.1. The first-order valence-electron chi connectivity index (χ1n) is 8.20. The molecule has 0 bridgehead atoms. The van der Waals surface area contributed by atoms with Gasteiger partial charge in [-0.2, -0.15) is 5.26 Å². The fourth-order valence-corrected chi connectivity index (χ4v) is 3.23. The normalized spacial score (nSPS) is 18.4. The molecule has 124 valence electrons. The zero-order valence-electron chi connectivity index (χ0n) is 13.9. The van der Waals surface area contributed by atoms with Crippen LogP contribution in [0.3, 0.4) is 0 Å². The van der Waals surface area contributed by atoms with Crippen molar-refractivity contribution in [2.24, 2.45) is 0 Å². The third-order valence-electron chi connectivity index (χ3n) is 4.62. The van der Waals surface area contributed by atoms with Gasteiger partial charge in [-0.05, 0) is 36.2 Å². The number of benzene rings is 1. The maximum atomic E-state index is 9.73. The number of nitrogens with zero attached hydrogens (tertiary/aromatic N) is 4. The van der Waals surface area contributed by atoms with E-state index in [1.54, 1.807) is 0 Å². The molecular formula is C19H22N4O. The minimum Gasteiger partial charge on any atom is -0.394 e. The number of hydrogen-bond donors (Lipinski definition) is 1. The van der Waals surface area contributed by atoms with E-state index in [0.717, 1.165) is 43.0 Å². The van der Waals surface area contributed by atoms with Crippen molar-refractivity contribution in [3.8, 4) is 6.07 Å². The molecule has 5 heteroatoms.